The molecule has 3 aromatic rings. The highest BCUT2D eigenvalue weighted by atomic mass is 16.6. The van der Waals surface area contributed by atoms with Gasteiger partial charge in [0, 0.05) is 6.07 Å². The molecule has 0 aliphatic rings. The van der Waals surface area contributed by atoms with Gasteiger partial charge in [0.15, 0.2) is 0 Å². The predicted octanol–water partition coefficient (Wildman–Crippen LogP) is 3.52. The molecule has 0 atom stereocenters. The Balaban J connectivity index is 1.73. The zero-order valence-electron chi connectivity index (χ0n) is 13.1. The minimum absolute atomic E-state index is 0.0518. The molecule has 0 aliphatic heterocycles. The van der Waals surface area contributed by atoms with Gasteiger partial charge in [0.05, 0.1) is 28.5 Å². The van der Waals surface area contributed by atoms with Gasteiger partial charge in [-0.25, -0.2) is 5.43 Å². The molecule has 0 saturated heterocycles. The second-order valence-electron chi connectivity index (χ2n) is 5.07. The van der Waals surface area contributed by atoms with Gasteiger partial charge in [0.25, 0.3) is 11.6 Å². The lowest BCUT2D eigenvalue weighted by molar-refractivity contribution is -0.384. The van der Waals surface area contributed by atoms with E-state index < -0.39 is 10.8 Å². The summed E-state index contributed by atoms with van der Waals surface area (Å²) in [4.78, 5) is 22.5. The third-order valence-electron chi connectivity index (χ3n) is 3.45. The van der Waals surface area contributed by atoms with E-state index in [0.717, 1.165) is 0 Å². The number of nitro groups is 1. The summed E-state index contributed by atoms with van der Waals surface area (Å²) in [6, 6.07) is 11.0. The zero-order chi connectivity index (χ0) is 17.8. The molecular weight excluding hydrogens is 326 g/mol. The Morgan fingerprint density at radius 3 is 2.76 bits per heavy atom. The number of hydrogen-bond donors (Lipinski definition) is 1. The number of amides is 1. The smallest absolute Gasteiger partial charge is 0.280 e. The van der Waals surface area contributed by atoms with Crippen LogP contribution in [0.25, 0.3) is 11.3 Å². The highest BCUT2D eigenvalue weighted by molar-refractivity contribution is 5.95. The Morgan fingerprint density at radius 1 is 1.24 bits per heavy atom. The van der Waals surface area contributed by atoms with Crippen LogP contribution in [0.5, 0.6) is 0 Å². The molecule has 2 aromatic heterocycles. The fraction of sp³-hybridized carbons (Fsp3) is 0.0588. The van der Waals surface area contributed by atoms with E-state index in [0.29, 0.717) is 28.4 Å². The zero-order valence-corrected chi connectivity index (χ0v) is 13.1. The minimum atomic E-state index is -0.473. The number of nitrogens with zero attached hydrogens (tertiary/aromatic N) is 2. The third kappa shape index (κ3) is 3.47. The summed E-state index contributed by atoms with van der Waals surface area (Å²) in [5.41, 5.74) is 3.06. The maximum absolute atomic E-state index is 11.9. The fourth-order valence-corrected chi connectivity index (χ4v) is 2.24. The first-order valence-corrected chi connectivity index (χ1v) is 7.27. The van der Waals surface area contributed by atoms with Crippen molar-refractivity contribution in [1.29, 1.82) is 0 Å². The molecule has 0 radical (unpaired) electrons. The summed E-state index contributed by atoms with van der Waals surface area (Å²) in [6.07, 6.45) is 2.73. The Labute approximate surface area is 141 Å². The molecule has 0 bridgehead atoms. The second kappa shape index (κ2) is 6.83. The lowest BCUT2D eigenvalue weighted by Crippen LogP contribution is -2.17. The van der Waals surface area contributed by atoms with E-state index in [2.05, 4.69) is 10.5 Å². The van der Waals surface area contributed by atoms with Crippen LogP contribution in [0.1, 0.15) is 21.9 Å². The number of carbonyl (C=O) groups excluding carboxylic acids is 1. The molecule has 0 aliphatic carbocycles. The van der Waals surface area contributed by atoms with Crippen molar-refractivity contribution in [2.75, 3.05) is 0 Å². The summed E-state index contributed by atoms with van der Waals surface area (Å²) < 4.78 is 10.6. The SMILES string of the molecule is Cc1occc1C(=O)N/N=C\c1ccc(-c2ccccc2[N+](=O)[O-])o1. The molecule has 1 aromatic carbocycles. The highest BCUT2D eigenvalue weighted by Crippen LogP contribution is 2.30. The Hall–Kier alpha value is -3.68. The predicted molar refractivity (Wildman–Crippen MR) is 89.3 cm³/mol. The maximum atomic E-state index is 11.9. The van der Waals surface area contributed by atoms with Crippen LogP contribution in [0.2, 0.25) is 0 Å². The van der Waals surface area contributed by atoms with Crippen LogP contribution in [0, 0.1) is 17.0 Å². The molecule has 8 nitrogen and oxygen atoms in total. The molecule has 8 heteroatoms. The van der Waals surface area contributed by atoms with E-state index in [9.17, 15) is 14.9 Å². The van der Waals surface area contributed by atoms with E-state index in [1.807, 2.05) is 0 Å². The number of nitrogens with one attached hydrogen (secondary N) is 1. The Bertz CT molecular complexity index is 955. The summed E-state index contributed by atoms with van der Waals surface area (Å²) >= 11 is 0. The van der Waals surface area contributed by atoms with Gasteiger partial charge in [0.2, 0.25) is 0 Å². The lowest BCUT2D eigenvalue weighted by Gasteiger charge is -1.98. The van der Waals surface area contributed by atoms with Crippen molar-refractivity contribution in [3.05, 3.63) is 75.9 Å². The van der Waals surface area contributed by atoms with Gasteiger partial charge in [-0.2, -0.15) is 5.10 Å². The molecule has 25 heavy (non-hydrogen) atoms. The van der Waals surface area contributed by atoms with E-state index in [1.165, 1.54) is 18.5 Å². The van der Waals surface area contributed by atoms with Crippen LogP contribution in [-0.2, 0) is 0 Å². The van der Waals surface area contributed by atoms with Crippen LogP contribution in [-0.4, -0.2) is 17.0 Å². The fourth-order valence-electron chi connectivity index (χ4n) is 2.24. The summed E-state index contributed by atoms with van der Waals surface area (Å²) in [6.45, 7) is 1.67. The summed E-state index contributed by atoms with van der Waals surface area (Å²) in [5.74, 6) is 0.764. The van der Waals surface area contributed by atoms with Crippen molar-refractivity contribution in [3.63, 3.8) is 0 Å². The average Bonchev–Trinajstić information content (AvgIpc) is 3.23. The minimum Gasteiger partial charge on any atom is -0.469 e. The van der Waals surface area contributed by atoms with Crippen LogP contribution in [0.3, 0.4) is 0 Å². The molecule has 1 N–H and O–H groups in total. The number of carbonyl (C=O) groups is 1. The molecule has 3 rings (SSSR count). The van der Waals surface area contributed by atoms with Crippen molar-refractivity contribution in [2.45, 2.75) is 6.92 Å². The van der Waals surface area contributed by atoms with E-state index in [1.54, 1.807) is 43.3 Å². The topological polar surface area (TPSA) is 111 Å². The third-order valence-corrected chi connectivity index (χ3v) is 3.45. The molecule has 0 saturated carbocycles. The number of nitro benzene ring substituents is 1. The van der Waals surface area contributed by atoms with Crippen molar-refractivity contribution >= 4 is 17.8 Å². The first kappa shape index (κ1) is 16.2. The van der Waals surface area contributed by atoms with Gasteiger partial charge >= 0.3 is 0 Å². The van der Waals surface area contributed by atoms with Gasteiger partial charge in [-0.05, 0) is 31.2 Å². The average molecular weight is 339 g/mol. The van der Waals surface area contributed by atoms with Gasteiger partial charge in [-0.3, -0.25) is 14.9 Å². The normalized spacial score (nSPS) is 10.9. The first-order chi connectivity index (χ1) is 12.1. The monoisotopic (exact) mass is 339 g/mol. The number of hydrogen-bond acceptors (Lipinski definition) is 6. The van der Waals surface area contributed by atoms with Gasteiger partial charge in [-0.15, -0.1) is 0 Å². The highest BCUT2D eigenvalue weighted by Gasteiger charge is 2.17. The number of para-hydroxylation sites is 1. The number of aryl methyl sites for hydroxylation is 1. The largest absolute Gasteiger partial charge is 0.469 e. The molecule has 0 fully saturated rings. The summed E-state index contributed by atoms with van der Waals surface area (Å²) in [7, 11) is 0. The van der Waals surface area contributed by atoms with Gasteiger partial charge in [0.1, 0.15) is 17.3 Å². The number of hydrazone groups is 1. The molecule has 126 valence electrons. The van der Waals surface area contributed by atoms with E-state index in [-0.39, 0.29) is 5.69 Å². The van der Waals surface area contributed by atoms with Gasteiger partial charge in [-0.1, -0.05) is 12.1 Å². The molecule has 2 heterocycles. The van der Waals surface area contributed by atoms with Crippen molar-refractivity contribution in [2.24, 2.45) is 5.10 Å². The summed E-state index contributed by atoms with van der Waals surface area (Å²) in [5, 5.41) is 14.9. The number of rotatable bonds is 5. The Morgan fingerprint density at radius 2 is 2.04 bits per heavy atom. The van der Waals surface area contributed by atoms with Crippen molar-refractivity contribution in [3.8, 4) is 11.3 Å². The van der Waals surface area contributed by atoms with Crippen molar-refractivity contribution in [1.82, 2.24) is 5.43 Å². The standard InChI is InChI=1S/C17H13N3O5/c1-11-13(8-9-24-11)17(21)19-18-10-12-6-7-16(25-12)14-4-2-3-5-15(14)20(22)23/h2-10H,1H3,(H,19,21)/b18-10-. The molecule has 1 amide bonds. The number of furan rings is 2. The molecular formula is C17H13N3O5. The number of benzene rings is 1. The van der Waals surface area contributed by atoms with Crippen LogP contribution in [0.4, 0.5) is 5.69 Å². The first-order valence-electron chi connectivity index (χ1n) is 7.27. The van der Waals surface area contributed by atoms with E-state index >= 15 is 0 Å². The van der Waals surface area contributed by atoms with Crippen LogP contribution in [0.15, 0.2) is 62.7 Å². The second-order valence-corrected chi connectivity index (χ2v) is 5.07. The van der Waals surface area contributed by atoms with Gasteiger partial charge < -0.3 is 8.83 Å². The Kier molecular flexibility index (Phi) is 4.42. The molecule has 0 spiro atoms. The maximum Gasteiger partial charge on any atom is 0.280 e. The van der Waals surface area contributed by atoms with Crippen molar-refractivity contribution < 1.29 is 18.6 Å². The quantitative estimate of drug-likeness (QED) is 0.434. The van der Waals surface area contributed by atoms with E-state index in [4.69, 9.17) is 8.83 Å². The van der Waals surface area contributed by atoms with Crippen LogP contribution < -0.4 is 5.43 Å². The lowest BCUT2D eigenvalue weighted by atomic mass is 10.1. The molecule has 0 unspecified atom stereocenters. The van der Waals surface area contributed by atoms with Crippen LogP contribution >= 0.6 is 0 Å².